The maximum absolute atomic E-state index is 5.88. The highest BCUT2D eigenvalue weighted by Crippen LogP contribution is 2.18. The summed E-state index contributed by atoms with van der Waals surface area (Å²) in [6, 6.07) is 16.3. The van der Waals surface area contributed by atoms with E-state index in [4.69, 9.17) is 23.8 Å². The van der Waals surface area contributed by atoms with Gasteiger partial charge in [-0.15, -0.1) is 0 Å². The van der Waals surface area contributed by atoms with Crippen LogP contribution in [0.2, 0.25) is 5.02 Å². The highest BCUT2D eigenvalue weighted by molar-refractivity contribution is 7.80. The van der Waals surface area contributed by atoms with Crippen LogP contribution in [0.25, 0.3) is 0 Å². The van der Waals surface area contributed by atoms with Crippen molar-refractivity contribution in [1.82, 2.24) is 10.2 Å². The van der Waals surface area contributed by atoms with Crippen LogP contribution in [0.1, 0.15) is 17.5 Å². The topological polar surface area (TPSA) is 27.3 Å². The van der Waals surface area contributed by atoms with Gasteiger partial charge in [0.25, 0.3) is 0 Å². The zero-order chi connectivity index (χ0) is 16.8. The van der Waals surface area contributed by atoms with E-state index in [9.17, 15) is 0 Å². The van der Waals surface area contributed by atoms with E-state index in [0.717, 1.165) is 49.7 Å². The Hall–Kier alpha value is -1.62. The van der Waals surface area contributed by atoms with Crippen molar-refractivity contribution in [3.63, 3.8) is 0 Å². The molecule has 5 heteroatoms. The molecule has 0 atom stereocenters. The summed E-state index contributed by atoms with van der Waals surface area (Å²) in [5.41, 5.74) is 3.92. The molecule has 2 N–H and O–H groups in total. The standard InChI is InChI=1S/C19H22ClN3S/c20-17-6-8-18(9-7-17)22-19(24)21-11-3-12-23-13-10-15-4-1-2-5-16(15)14-23/h1-2,4-9H,3,10-14H2,(H2,21,22,24). The Morgan fingerprint density at radius 2 is 1.83 bits per heavy atom. The predicted octanol–water partition coefficient (Wildman–Crippen LogP) is 4.07. The summed E-state index contributed by atoms with van der Waals surface area (Å²) in [6.07, 6.45) is 2.23. The van der Waals surface area contributed by atoms with Crippen molar-refractivity contribution in [2.75, 3.05) is 25.0 Å². The van der Waals surface area contributed by atoms with Gasteiger partial charge in [0.05, 0.1) is 0 Å². The molecule has 1 aliphatic rings. The molecule has 0 saturated heterocycles. The van der Waals surface area contributed by atoms with Crippen LogP contribution >= 0.6 is 23.8 Å². The molecule has 0 bridgehead atoms. The van der Waals surface area contributed by atoms with Gasteiger partial charge in [-0.2, -0.15) is 0 Å². The van der Waals surface area contributed by atoms with Gasteiger partial charge in [0.2, 0.25) is 0 Å². The maximum atomic E-state index is 5.88. The second kappa shape index (κ2) is 8.47. The summed E-state index contributed by atoms with van der Waals surface area (Å²) in [5, 5.41) is 7.81. The average Bonchev–Trinajstić information content (AvgIpc) is 2.60. The van der Waals surface area contributed by atoms with E-state index in [1.165, 1.54) is 11.1 Å². The smallest absolute Gasteiger partial charge is 0.170 e. The van der Waals surface area contributed by atoms with Crippen LogP contribution in [0.5, 0.6) is 0 Å². The van der Waals surface area contributed by atoms with Gasteiger partial charge >= 0.3 is 0 Å². The third kappa shape index (κ3) is 4.94. The van der Waals surface area contributed by atoms with E-state index >= 15 is 0 Å². The Morgan fingerprint density at radius 3 is 2.62 bits per heavy atom. The number of hydrogen-bond acceptors (Lipinski definition) is 2. The minimum atomic E-state index is 0.654. The fraction of sp³-hybridized carbons (Fsp3) is 0.316. The molecule has 0 radical (unpaired) electrons. The van der Waals surface area contributed by atoms with Gasteiger partial charge in [-0.3, -0.25) is 4.90 Å². The van der Waals surface area contributed by atoms with Crippen molar-refractivity contribution >= 4 is 34.6 Å². The molecule has 0 spiro atoms. The number of thiocarbonyl (C=S) groups is 1. The number of hydrogen-bond donors (Lipinski definition) is 2. The van der Waals surface area contributed by atoms with E-state index in [2.05, 4.69) is 39.8 Å². The first-order valence-electron chi connectivity index (χ1n) is 8.30. The van der Waals surface area contributed by atoms with Crippen LogP contribution < -0.4 is 10.6 Å². The minimum Gasteiger partial charge on any atom is -0.362 e. The number of nitrogens with zero attached hydrogens (tertiary/aromatic N) is 1. The number of benzene rings is 2. The SMILES string of the molecule is S=C(NCCCN1CCc2ccccc2C1)Nc1ccc(Cl)cc1. The number of halogens is 1. The monoisotopic (exact) mass is 359 g/mol. The van der Waals surface area contributed by atoms with Crippen LogP contribution in [0.3, 0.4) is 0 Å². The molecule has 0 amide bonds. The van der Waals surface area contributed by atoms with E-state index in [1.807, 2.05) is 24.3 Å². The van der Waals surface area contributed by atoms with Crippen molar-refractivity contribution < 1.29 is 0 Å². The van der Waals surface area contributed by atoms with Crippen molar-refractivity contribution in [3.8, 4) is 0 Å². The summed E-state index contributed by atoms with van der Waals surface area (Å²) in [7, 11) is 0. The molecule has 0 aromatic heterocycles. The summed E-state index contributed by atoms with van der Waals surface area (Å²) in [6.45, 7) is 4.16. The minimum absolute atomic E-state index is 0.654. The second-order valence-corrected chi connectivity index (χ2v) is 6.88. The highest BCUT2D eigenvalue weighted by Gasteiger charge is 2.14. The highest BCUT2D eigenvalue weighted by atomic mass is 35.5. The fourth-order valence-electron chi connectivity index (χ4n) is 2.96. The first kappa shape index (κ1) is 17.2. The molecule has 0 fully saturated rings. The molecule has 0 saturated carbocycles. The van der Waals surface area contributed by atoms with E-state index in [1.54, 1.807) is 0 Å². The van der Waals surface area contributed by atoms with Gasteiger partial charge in [-0.1, -0.05) is 35.9 Å². The third-order valence-electron chi connectivity index (χ3n) is 4.25. The Labute approximate surface area is 154 Å². The molecule has 1 heterocycles. The first-order chi connectivity index (χ1) is 11.7. The molecule has 1 aliphatic heterocycles. The summed E-state index contributed by atoms with van der Waals surface area (Å²) >= 11 is 11.2. The molecule has 0 unspecified atom stereocenters. The van der Waals surface area contributed by atoms with Crippen molar-refractivity contribution in [2.24, 2.45) is 0 Å². The van der Waals surface area contributed by atoms with E-state index in [-0.39, 0.29) is 0 Å². The van der Waals surface area contributed by atoms with Crippen LogP contribution in [0.4, 0.5) is 5.69 Å². The molecular weight excluding hydrogens is 338 g/mol. The molecule has 3 nitrogen and oxygen atoms in total. The summed E-state index contributed by atoms with van der Waals surface area (Å²) in [5.74, 6) is 0. The van der Waals surface area contributed by atoms with Gasteiger partial charge in [0, 0.05) is 36.9 Å². The van der Waals surface area contributed by atoms with Crippen molar-refractivity contribution in [2.45, 2.75) is 19.4 Å². The molecule has 3 rings (SSSR count). The molecule has 0 aliphatic carbocycles. The lowest BCUT2D eigenvalue weighted by Crippen LogP contribution is -2.34. The summed E-state index contributed by atoms with van der Waals surface area (Å²) < 4.78 is 0. The van der Waals surface area contributed by atoms with Gasteiger partial charge in [0.1, 0.15) is 0 Å². The van der Waals surface area contributed by atoms with Crippen LogP contribution in [-0.2, 0) is 13.0 Å². The zero-order valence-electron chi connectivity index (χ0n) is 13.6. The number of anilines is 1. The Bertz CT molecular complexity index is 687. The lowest BCUT2D eigenvalue weighted by molar-refractivity contribution is 0.251. The van der Waals surface area contributed by atoms with Crippen LogP contribution in [-0.4, -0.2) is 29.6 Å². The second-order valence-electron chi connectivity index (χ2n) is 6.04. The molecule has 2 aromatic rings. The van der Waals surface area contributed by atoms with Gasteiger partial charge < -0.3 is 10.6 Å². The molecule has 24 heavy (non-hydrogen) atoms. The van der Waals surface area contributed by atoms with Gasteiger partial charge in [-0.05, 0) is 60.5 Å². The number of rotatable bonds is 5. The van der Waals surface area contributed by atoms with E-state index < -0.39 is 0 Å². The van der Waals surface area contributed by atoms with E-state index in [0.29, 0.717) is 5.11 Å². The normalized spacial score (nSPS) is 14.0. The number of nitrogens with one attached hydrogen (secondary N) is 2. The van der Waals surface area contributed by atoms with Crippen LogP contribution in [0, 0.1) is 0 Å². The lowest BCUT2D eigenvalue weighted by atomic mass is 10.00. The molecule has 2 aromatic carbocycles. The van der Waals surface area contributed by atoms with Crippen molar-refractivity contribution in [1.29, 1.82) is 0 Å². The maximum Gasteiger partial charge on any atom is 0.170 e. The number of fused-ring (bicyclic) bond motifs is 1. The van der Waals surface area contributed by atoms with Gasteiger partial charge in [0.15, 0.2) is 5.11 Å². The Morgan fingerprint density at radius 1 is 1.08 bits per heavy atom. The quantitative estimate of drug-likeness (QED) is 0.621. The van der Waals surface area contributed by atoms with Gasteiger partial charge in [-0.25, -0.2) is 0 Å². The average molecular weight is 360 g/mol. The Kier molecular flexibility index (Phi) is 6.07. The fourth-order valence-corrected chi connectivity index (χ4v) is 3.30. The lowest BCUT2D eigenvalue weighted by Gasteiger charge is -2.28. The van der Waals surface area contributed by atoms with Crippen molar-refractivity contribution in [3.05, 3.63) is 64.7 Å². The predicted molar refractivity (Wildman–Crippen MR) is 106 cm³/mol. The van der Waals surface area contributed by atoms with Crippen LogP contribution in [0.15, 0.2) is 48.5 Å². The molecule has 126 valence electrons. The first-order valence-corrected chi connectivity index (χ1v) is 9.09. The third-order valence-corrected chi connectivity index (χ3v) is 4.75. The zero-order valence-corrected chi connectivity index (χ0v) is 15.2. The Balaban J connectivity index is 1.35. The summed E-state index contributed by atoms with van der Waals surface area (Å²) in [4.78, 5) is 2.51. The molecular formula is C19H22ClN3S. The largest absolute Gasteiger partial charge is 0.362 e.